The molecule has 0 saturated heterocycles. The van der Waals surface area contributed by atoms with Crippen LogP contribution in [0.4, 0.5) is 0 Å². The van der Waals surface area contributed by atoms with Gasteiger partial charge < -0.3 is 10.6 Å². The molecule has 0 fully saturated rings. The van der Waals surface area contributed by atoms with Crippen molar-refractivity contribution in [2.75, 3.05) is 26.2 Å². The Hall–Kier alpha value is -0.0800. The van der Waals surface area contributed by atoms with Gasteiger partial charge in [0, 0.05) is 0 Å². The lowest BCUT2D eigenvalue weighted by atomic mass is 9.96. The highest BCUT2D eigenvalue weighted by molar-refractivity contribution is 4.62. The molecule has 0 aliphatic carbocycles. The van der Waals surface area contributed by atoms with E-state index in [4.69, 9.17) is 0 Å². The average Bonchev–Trinajstić information content (AvgIpc) is 2.24. The Bertz CT molecular complexity index is 115. The van der Waals surface area contributed by atoms with Crippen molar-refractivity contribution in [1.82, 2.24) is 10.6 Å². The summed E-state index contributed by atoms with van der Waals surface area (Å²) in [7, 11) is 0. The van der Waals surface area contributed by atoms with E-state index >= 15 is 0 Å². The molecule has 92 valence electrons. The maximum absolute atomic E-state index is 3.49. The zero-order chi connectivity index (χ0) is 11.4. The Balaban J connectivity index is 3.44. The number of rotatable bonds is 11. The minimum absolute atomic E-state index is 0.915. The molecule has 0 heterocycles. The van der Waals surface area contributed by atoms with Crippen molar-refractivity contribution in [3.63, 3.8) is 0 Å². The quantitative estimate of drug-likeness (QED) is 0.517. The van der Waals surface area contributed by atoms with Gasteiger partial charge in [-0.2, -0.15) is 0 Å². The molecule has 0 aliphatic heterocycles. The highest BCUT2D eigenvalue weighted by atomic mass is 14.8. The molecule has 2 heteroatoms. The van der Waals surface area contributed by atoms with Crippen LogP contribution in [0, 0.1) is 5.92 Å². The molecular weight excluding hydrogens is 184 g/mol. The van der Waals surface area contributed by atoms with E-state index in [0.717, 1.165) is 12.5 Å². The SMILES string of the molecule is CCCNCC[C@@H](CCC)CCNCC. The van der Waals surface area contributed by atoms with E-state index in [1.165, 1.54) is 51.7 Å². The number of hydrogen-bond donors (Lipinski definition) is 2. The van der Waals surface area contributed by atoms with E-state index in [2.05, 4.69) is 31.4 Å². The summed E-state index contributed by atoms with van der Waals surface area (Å²) in [6.45, 7) is 11.4. The minimum atomic E-state index is 0.915. The summed E-state index contributed by atoms with van der Waals surface area (Å²) in [6, 6.07) is 0. The number of nitrogens with one attached hydrogen (secondary N) is 2. The molecule has 0 rings (SSSR count). The van der Waals surface area contributed by atoms with Crippen LogP contribution in [0.3, 0.4) is 0 Å². The molecule has 0 saturated carbocycles. The maximum Gasteiger partial charge on any atom is -0.00463 e. The van der Waals surface area contributed by atoms with Crippen molar-refractivity contribution in [2.45, 2.75) is 52.9 Å². The molecule has 0 unspecified atom stereocenters. The lowest BCUT2D eigenvalue weighted by Crippen LogP contribution is -2.22. The fourth-order valence-corrected chi connectivity index (χ4v) is 1.93. The summed E-state index contributed by atoms with van der Waals surface area (Å²) in [6.07, 6.45) is 6.65. The standard InChI is InChI=1S/C13H30N2/c1-4-7-13(8-11-14-6-3)9-12-15-10-5-2/h13-15H,4-12H2,1-3H3/t13-/m0/s1. The first-order valence-corrected chi connectivity index (χ1v) is 6.76. The van der Waals surface area contributed by atoms with Gasteiger partial charge in [-0.3, -0.25) is 0 Å². The predicted octanol–water partition coefficient (Wildman–Crippen LogP) is 2.79. The van der Waals surface area contributed by atoms with E-state index in [-0.39, 0.29) is 0 Å². The Morgan fingerprint density at radius 3 is 1.93 bits per heavy atom. The van der Waals surface area contributed by atoms with Gasteiger partial charge in [-0.25, -0.2) is 0 Å². The first-order chi connectivity index (χ1) is 7.35. The lowest BCUT2D eigenvalue weighted by molar-refractivity contribution is 0.396. The van der Waals surface area contributed by atoms with Crippen molar-refractivity contribution >= 4 is 0 Å². The second kappa shape index (κ2) is 12.0. The topological polar surface area (TPSA) is 24.1 Å². The van der Waals surface area contributed by atoms with Crippen molar-refractivity contribution in [3.05, 3.63) is 0 Å². The highest BCUT2D eigenvalue weighted by Crippen LogP contribution is 2.14. The van der Waals surface area contributed by atoms with Crippen molar-refractivity contribution < 1.29 is 0 Å². The third-order valence-corrected chi connectivity index (χ3v) is 2.83. The Morgan fingerprint density at radius 2 is 1.40 bits per heavy atom. The van der Waals surface area contributed by atoms with Crippen LogP contribution in [-0.4, -0.2) is 26.2 Å². The lowest BCUT2D eigenvalue weighted by Gasteiger charge is -2.16. The number of hydrogen-bond acceptors (Lipinski definition) is 2. The normalized spacial score (nSPS) is 13.0. The van der Waals surface area contributed by atoms with Gasteiger partial charge in [-0.15, -0.1) is 0 Å². The molecule has 0 radical (unpaired) electrons. The van der Waals surface area contributed by atoms with E-state index in [9.17, 15) is 0 Å². The van der Waals surface area contributed by atoms with Gasteiger partial charge >= 0.3 is 0 Å². The molecule has 2 N–H and O–H groups in total. The van der Waals surface area contributed by atoms with Crippen LogP contribution in [-0.2, 0) is 0 Å². The van der Waals surface area contributed by atoms with Gasteiger partial charge in [-0.1, -0.05) is 33.6 Å². The third kappa shape index (κ3) is 10.2. The first-order valence-electron chi connectivity index (χ1n) is 6.76. The van der Waals surface area contributed by atoms with Crippen LogP contribution in [0.5, 0.6) is 0 Å². The molecule has 0 aromatic heterocycles. The third-order valence-electron chi connectivity index (χ3n) is 2.83. The summed E-state index contributed by atoms with van der Waals surface area (Å²) in [5.74, 6) is 0.915. The van der Waals surface area contributed by atoms with E-state index < -0.39 is 0 Å². The molecule has 0 spiro atoms. The molecule has 0 aromatic rings. The second-order valence-electron chi connectivity index (χ2n) is 4.34. The van der Waals surface area contributed by atoms with Crippen LogP contribution in [0.15, 0.2) is 0 Å². The fourth-order valence-electron chi connectivity index (χ4n) is 1.93. The molecule has 0 aromatic carbocycles. The molecule has 0 aliphatic rings. The van der Waals surface area contributed by atoms with E-state index in [0.29, 0.717) is 0 Å². The highest BCUT2D eigenvalue weighted by Gasteiger charge is 2.06. The molecule has 0 amide bonds. The van der Waals surface area contributed by atoms with Crippen LogP contribution < -0.4 is 10.6 Å². The van der Waals surface area contributed by atoms with Gasteiger partial charge in [0.1, 0.15) is 0 Å². The predicted molar refractivity (Wildman–Crippen MR) is 69.3 cm³/mol. The minimum Gasteiger partial charge on any atom is -0.317 e. The average molecular weight is 214 g/mol. The van der Waals surface area contributed by atoms with Crippen LogP contribution in [0.25, 0.3) is 0 Å². The molecule has 2 nitrogen and oxygen atoms in total. The molecular formula is C13H30N2. The van der Waals surface area contributed by atoms with Crippen molar-refractivity contribution in [1.29, 1.82) is 0 Å². The van der Waals surface area contributed by atoms with Crippen LogP contribution >= 0.6 is 0 Å². The van der Waals surface area contributed by atoms with Gasteiger partial charge in [0.15, 0.2) is 0 Å². The van der Waals surface area contributed by atoms with Crippen LogP contribution in [0.1, 0.15) is 52.9 Å². The van der Waals surface area contributed by atoms with E-state index in [1.54, 1.807) is 0 Å². The zero-order valence-electron chi connectivity index (χ0n) is 10.9. The Kier molecular flexibility index (Phi) is 11.9. The summed E-state index contributed by atoms with van der Waals surface area (Å²) in [4.78, 5) is 0. The first kappa shape index (κ1) is 14.9. The van der Waals surface area contributed by atoms with Crippen LogP contribution in [0.2, 0.25) is 0 Å². The smallest absolute Gasteiger partial charge is 0.00463 e. The molecule has 15 heavy (non-hydrogen) atoms. The maximum atomic E-state index is 3.49. The Labute approximate surface area is 96.2 Å². The monoisotopic (exact) mass is 214 g/mol. The summed E-state index contributed by atoms with van der Waals surface area (Å²) < 4.78 is 0. The fraction of sp³-hybridized carbons (Fsp3) is 1.00. The van der Waals surface area contributed by atoms with E-state index in [1.807, 2.05) is 0 Å². The Morgan fingerprint density at radius 1 is 0.733 bits per heavy atom. The summed E-state index contributed by atoms with van der Waals surface area (Å²) in [5.41, 5.74) is 0. The summed E-state index contributed by atoms with van der Waals surface area (Å²) in [5, 5.41) is 6.91. The summed E-state index contributed by atoms with van der Waals surface area (Å²) >= 11 is 0. The van der Waals surface area contributed by atoms with Gasteiger partial charge in [0.2, 0.25) is 0 Å². The van der Waals surface area contributed by atoms with Gasteiger partial charge in [0.05, 0.1) is 0 Å². The molecule has 1 atom stereocenters. The van der Waals surface area contributed by atoms with Gasteiger partial charge in [-0.05, 0) is 51.4 Å². The zero-order valence-corrected chi connectivity index (χ0v) is 10.9. The molecule has 0 bridgehead atoms. The van der Waals surface area contributed by atoms with Gasteiger partial charge in [0.25, 0.3) is 0 Å². The van der Waals surface area contributed by atoms with Crippen molar-refractivity contribution in [2.24, 2.45) is 5.92 Å². The van der Waals surface area contributed by atoms with Crippen molar-refractivity contribution in [3.8, 4) is 0 Å². The largest absolute Gasteiger partial charge is 0.317 e. The second-order valence-corrected chi connectivity index (χ2v) is 4.34.